The fourth-order valence-corrected chi connectivity index (χ4v) is 4.83. The molecule has 1 N–H and O–H groups in total. The fourth-order valence-electron chi connectivity index (χ4n) is 4.83. The van der Waals surface area contributed by atoms with Gasteiger partial charge in [-0.15, -0.1) is 0 Å². The van der Waals surface area contributed by atoms with Crippen molar-refractivity contribution >= 4 is 16.9 Å². The van der Waals surface area contributed by atoms with Crippen LogP contribution in [-0.4, -0.2) is 15.5 Å². The average molecular weight is 418 g/mol. The highest BCUT2D eigenvalue weighted by molar-refractivity contribution is 5.79. The van der Waals surface area contributed by atoms with Gasteiger partial charge in [0.15, 0.2) is 0 Å². The van der Waals surface area contributed by atoms with E-state index < -0.39 is 0 Å². The first-order valence-electron chi connectivity index (χ1n) is 11.9. The van der Waals surface area contributed by atoms with Crippen molar-refractivity contribution in [2.75, 3.05) is 0 Å². The third-order valence-electron chi connectivity index (χ3n) is 6.80. The molecule has 1 amide bonds. The molecule has 4 nitrogen and oxygen atoms in total. The van der Waals surface area contributed by atoms with Gasteiger partial charge in [0, 0.05) is 12.5 Å². The Kier molecular flexibility index (Phi) is 7.06. The molecule has 164 valence electrons. The first-order valence-corrected chi connectivity index (χ1v) is 11.9. The van der Waals surface area contributed by atoms with E-state index in [0.29, 0.717) is 6.54 Å². The Morgan fingerprint density at radius 2 is 1.81 bits per heavy atom. The number of para-hydroxylation sites is 2. The highest BCUT2D eigenvalue weighted by Gasteiger charge is 2.26. The number of aromatic nitrogens is 2. The third-order valence-corrected chi connectivity index (χ3v) is 6.80. The molecule has 4 rings (SSSR count). The van der Waals surface area contributed by atoms with Gasteiger partial charge in [0.2, 0.25) is 5.91 Å². The van der Waals surface area contributed by atoms with E-state index in [4.69, 9.17) is 4.98 Å². The molecule has 1 fully saturated rings. The van der Waals surface area contributed by atoms with Gasteiger partial charge in [-0.05, 0) is 56.2 Å². The van der Waals surface area contributed by atoms with Gasteiger partial charge < -0.3 is 9.88 Å². The lowest BCUT2D eigenvalue weighted by Gasteiger charge is -2.27. The van der Waals surface area contributed by atoms with Gasteiger partial charge >= 0.3 is 0 Å². The topological polar surface area (TPSA) is 46.9 Å². The fraction of sp³-hybridized carbons (Fsp3) is 0.481. The Morgan fingerprint density at radius 3 is 2.55 bits per heavy atom. The van der Waals surface area contributed by atoms with Crippen LogP contribution in [-0.2, 0) is 17.9 Å². The van der Waals surface area contributed by atoms with Crippen molar-refractivity contribution in [1.29, 1.82) is 0 Å². The second-order valence-corrected chi connectivity index (χ2v) is 9.17. The number of nitrogens with zero attached hydrogens (tertiary/aromatic N) is 2. The van der Waals surface area contributed by atoms with Crippen molar-refractivity contribution in [1.82, 2.24) is 14.9 Å². The molecule has 0 radical (unpaired) electrons. The summed E-state index contributed by atoms with van der Waals surface area (Å²) in [6.07, 6.45) is 8.37. The number of carbonyl (C=O) groups excluding carboxylic acids is 1. The maximum absolute atomic E-state index is 12.9. The number of hydrogen-bond acceptors (Lipinski definition) is 2. The quantitative estimate of drug-likeness (QED) is 0.488. The van der Waals surface area contributed by atoms with E-state index in [1.807, 2.05) is 12.1 Å². The lowest BCUT2D eigenvalue weighted by Crippen LogP contribution is -2.33. The van der Waals surface area contributed by atoms with E-state index in [9.17, 15) is 4.79 Å². The number of fused-ring (bicyclic) bond motifs is 1. The summed E-state index contributed by atoms with van der Waals surface area (Å²) >= 11 is 0. The number of benzene rings is 2. The standard InChI is InChI=1S/C27H35N3O/c1-3-4-7-21-14-16-23(17-15-21)27(31)28-18-26-29-24-8-5-6-9-25(24)30(26)19-22-12-10-20(2)11-13-22/h5-6,8-13,21,23H,3-4,7,14-19H2,1-2H3,(H,28,31). The van der Waals surface area contributed by atoms with Crippen LogP contribution in [0.25, 0.3) is 11.0 Å². The van der Waals surface area contributed by atoms with Gasteiger partial charge in [-0.3, -0.25) is 4.79 Å². The van der Waals surface area contributed by atoms with Crippen molar-refractivity contribution in [2.45, 2.75) is 71.9 Å². The van der Waals surface area contributed by atoms with Crippen LogP contribution in [0.15, 0.2) is 48.5 Å². The number of rotatable bonds is 8. The van der Waals surface area contributed by atoms with Crippen LogP contribution >= 0.6 is 0 Å². The largest absolute Gasteiger partial charge is 0.349 e. The SMILES string of the molecule is CCCCC1CCC(C(=O)NCc2nc3ccccc3n2Cc2ccc(C)cc2)CC1. The second-order valence-electron chi connectivity index (χ2n) is 9.17. The number of carbonyl (C=O) groups is 1. The Bertz CT molecular complexity index is 997. The second kappa shape index (κ2) is 10.1. The number of nitrogens with one attached hydrogen (secondary N) is 1. The molecule has 0 atom stereocenters. The number of hydrogen-bond donors (Lipinski definition) is 1. The van der Waals surface area contributed by atoms with Gasteiger partial charge in [0.1, 0.15) is 5.82 Å². The number of aryl methyl sites for hydroxylation is 1. The predicted octanol–water partition coefficient (Wildman–Crippen LogP) is 6.01. The van der Waals surface area contributed by atoms with E-state index in [0.717, 1.165) is 42.2 Å². The molecule has 1 aliphatic carbocycles. The summed E-state index contributed by atoms with van der Waals surface area (Å²) in [4.78, 5) is 17.7. The van der Waals surface area contributed by atoms with E-state index >= 15 is 0 Å². The van der Waals surface area contributed by atoms with Crippen molar-refractivity contribution < 1.29 is 4.79 Å². The van der Waals surface area contributed by atoms with Gasteiger partial charge in [-0.25, -0.2) is 4.98 Å². The van der Waals surface area contributed by atoms with Gasteiger partial charge in [0.05, 0.1) is 17.6 Å². The zero-order valence-electron chi connectivity index (χ0n) is 18.9. The van der Waals surface area contributed by atoms with Crippen molar-refractivity contribution in [3.05, 3.63) is 65.5 Å². The molecular formula is C27H35N3O. The Hall–Kier alpha value is -2.62. The van der Waals surface area contributed by atoms with Crippen molar-refractivity contribution in [3.63, 3.8) is 0 Å². The molecule has 0 unspecified atom stereocenters. The zero-order chi connectivity index (χ0) is 21.6. The normalized spacial score (nSPS) is 18.9. The number of amides is 1. The van der Waals surface area contributed by atoms with Gasteiger partial charge in [0.25, 0.3) is 0 Å². The third kappa shape index (κ3) is 5.36. The summed E-state index contributed by atoms with van der Waals surface area (Å²) < 4.78 is 2.24. The van der Waals surface area contributed by atoms with Crippen molar-refractivity contribution in [3.8, 4) is 0 Å². The first-order chi connectivity index (χ1) is 15.1. The predicted molar refractivity (Wildman–Crippen MR) is 127 cm³/mol. The minimum absolute atomic E-state index is 0.160. The molecule has 0 bridgehead atoms. The van der Waals surface area contributed by atoms with E-state index in [2.05, 4.69) is 60.1 Å². The van der Waals surface area contributed by atoms with Crippen molar-refractivity contribution in [2.24, 2.45) is 11.8 Å². The van der Waals surface area contributed by atoms with Crippen LogP contribution in [0, 0.1) is 18.8 Å². The molecule has 0 spiro atoms. The molecule has 1 saturated carbocycles. The maximum atomic E-state index is 12.9. The van der Waals surface area contributed by atoms with Crippen LogP contribution < -0.4 is 5.32 Å². The molecule has 1 aromatic heterocycles. The molecule has 2 aromatic carbocycles. The summed E-state index contributed by atoms with van der Waals surface area (Å²) in [5.41, 5.74) is 4.60. The minimum Gasteiger partial charge on any atom is -0.349 e. The summed E-state index contributed by atoms with van der Waals surface area (Å²) in [6, 6.07) is 16.9. The smallest absolute Gasteiger partial charge is 0.223 e. The molecule has 3 aromatic rings. The van der Waals surface area contributed by atoms with Crippen LogP contribution in [0.5, 0.6) is 0 Å². The lowest BCUT2D eigenvalue weighted by molar-refractivity contribution is -0.126. The van der Waals surface area contributed by atoms with E-state index in [1.54, 1.807) is 0 Å². The summed E-state index contributed by atoms with van der Waals surface area (Å²) in [6.45, 7) is 5.60. The summed E-state index contributed by atoms with van der Waals surface area (Å²) in [7, 11) is 0. The first kappa shape index (κ1) is 21.6. The lowest BCUT2D eigenvalue weighted by atomic mass is 9.79. The van der Waals surface area contributed by atoms with Crippen LogP contribution in [0.4, 0.5) is 0 Å². The molecule has 31 heavy (non-hydrogen) atoms. The highest BCUT2D eigenvalue weighted by atomic mass is 16.1. The van der Waals surface area contributed by atoms with E-state index in [-0.39, 0.29) is 11.8 Å². The monoisotopic (exact) mass is 417 g/mol. The average Bonchev–Trinajstić information content (AvgIpc) is 3.15. The van der Waals surface area contributed by atoms with Gasteiger partial charge in [-0.1, -0.05) is 68.1 Å². The van der Waals surface area contributed by atoms with Crippen LogP contribution in [0.3, 0.4) is 0 Å². The molecule has 1 heterocycles. The number of unbranched alkanes of at least 4 members (excludes halogenated alkanes) is 1. The zero-order valence-corrected chi connectivity index (χ0v) is 18.9. The molecular weight excluding hydrogens is 382 g/mol. The number of imidazole rings is 1. The van der Waals surface area contributed by atoms with Crippen LogP contribution in [0.2, 0.25) is 0 Å². The molecule has 0 saturated heterocycles. The minimum atomic E-state index is 0.160. The van der Waals surface area contributed by atoms with Crippen LogP contribution in [0.1, 0.15) is 68.8 Å². The Balaban J connectivity index is 1.42. The Labute approximate surface area is 186 Å². The highest BCUT2D eigenvalue weighted by Crippen LogP contribution is 2.32. The molecule has 1 aliphatic rings. The molecule has 4 heteroatoms. The van der Waals surface area contributed by atoms with E-state index in [1.165, 1.54) is 43.2 Å². The Morgan fingerprint density at radius 1 is 1.06 bits per heavy atom. The van der Waals surface area contributed by atoms with Gasteiger partial charge in [-0.2, -0.15) is 0 Å². The maximum Gasteiger partial charge on any atom is 0.223 e. The summed E-state index contributed by atoms with van der Waals surface area (Å²) in [5.74, 6) is 2.10. The molecule has 0 aliphatic heterocycles. The summed E-state index contributed by atoms with van der Waals surface area (Å²) in [5, 5.41) is 3.20.